The van der Waals surface area contributed by atoms with E-state index >= 15 is 0 Å². The molecule has 0 bridgehead atoms. The van der Waals surface area contributed by atoms with Crippen LogP contribution < -0.4 is 5.73 Å². The van der Waals surface area contributed by atoms with E-state index in [-0.39, 0.29) is 0 Å². The van der Waals surface area contributed by atoms with E-state index in [0.29, 0.717) is 11.9 Å². The van der Waals surface area contributed by atoms with Gasteiger partial charge in [-0.1, -0.05) is 6.08 Å². The number of aromatic nitrogens is 3. The maximum Gasteiger partial charge on any atom is 0.156 e. The largest absolute Gasteiger partial charge is 0.383 e. The van der Waals surface area contributed by atoms with Crippen molar-refractivity contribution in [1.82, 2.24) is 14.5 Å². The Morgan fingerprint density at radius 1 is 1.38 bits per heavy atom. The van der Waals surface area contributed by atoms with E-state index in [1.165, 1.54) is 39.5 Å². The third-order valence-electron chi connectivity index (χ3n) is 4.23. The normalized spacial score (nSPS) is 20.7. The highest BCUT2D eigenvalue weighted by Crippen LogP contribution is 2.38. The van der Waals surface area contributed by atoms with Crippen molar-refractivity contribution < 1.29 is 10.2 Å². The van der Waals surface area contributed by atoms with Gasteiger partial charge in [-0.3, -0.25) is 0 Å². The summed E-state index contributed by atoms with van der Waals surface area (Å²) in [6.07, 6.45) is 11.8. The maximum atomic E-state index is 8.08. The summed E-state index contributed by atoms with van der Waals surface area (Å²) in [6, 6.07) is 2.59. The molecule has 6 heteroatoms. The lowest BCUT2D eigenvalue weighted by Crippen LogP contribution is -2.15. The predicted molar refractivity (Wildman–Crippen MR) is 96.3 cm³/mol. The Hall–Kier alpha value is -1.92. The van der Waals surface area contributed by atoms with Crippen molar-refractivity contribution in [1.29, 1.82) is 0 Å². The molecule has 2 aromatic rings. The van der Waals surface area contributed by atoms with Crippen LogP contribution in [0.3, 0.4) is 0 Å². The average molecular weight is 332 g/mol. The lowest BCUT2D eigenvalue weighted by molar-refractivity contribution is -0.127. The number of nitrogens with two attached hydrogens (primary N) is 1. The Labute approximate surface area is 143 Å². The Morgan fingerprint density at radius 3 is 2.75 bits per heavy atom. The summed E-state index contributed by atoms with van der Waals surface area (Å²) >= 11 is 0. The SMILES string of the molecule is C=CCCC1CCC(n2ccc3c(N)ncnc32)C1.CC(C)(O)O. The summed E-state index contributed by atoms with van der Waals surface area (Å²) in [5.41, 5.74) is 6.86. The molecule has 3 rings (SSSR count). The van der Waals surface area contributed by atoms with E-state index in [1.54, 1.807) is 6.33 Å². The van der Waals surface area contributed by atoms with Crippen molar-refractivity contribution in [3.63, 3.8) is 0 Å². The quantitative estimate of drug-likeness (QED) is 0.590. The Balaban J connectivity index is 0.000000368. The van der Waals surface area contributed by atoms with E-state index in [9.17, 15) is 0 Å². The van der Waals surface area contributed by atoms with Crippen LogP contribution >= 0.6 is 0 Å². The van der Waals surface area contributed by atoms with Crippen molar-refractivity contribution in [3.8, 4) is 0 Å². The molecule has 0 aliphatic heterocycles. The van der Waals surface area contributed by atoms with Crippen LogP contribution in [0.2, 0.25) is 0 Å². The van der Waals surface area contributed by atoms with Crippen molar-refractivity contribution in [3.05, 3.63) is 31.2 Å². The first-order chi connectivity index (χ1) is 11.3. The second-order valence-corrected chi connectivity index (χ2v) is 6.91. The molecule has 24 heavy (non-hydrogen) atoms. The van der Waals surface area contributed by atoms with Gasteiger partial charge in [-0.25, -0.2) is 9.97 Å². The van der Waals surface area contributed by atoms with Gasteiger partial charge in [0.2, 0.25) is 0 Å². The predicted octanol–water partition coefficient (Wildman–Crippen LogP) is 3.03. The highest BCUT2D eigenvalue weighted by Gasteiger charge is 2.26. The standard InChI is InChI=1S/C15H20N4.C3H8O2/c1-2-3-4-11-5-6-12(9-11)19-8-7-13-14(16)17-10-18-15(13)19;1-3(2,4)5/h2,7-8,10-12H,1,3-6,9H2,(H2,16,17,18);4-5H,1-2H3. The van der Waals surface area contributed by atoms with Gasteiger partial charge in [-0.2, -0.15) is 0 Å². The summed E-state index contributed by atoms with van der Waals surface area (Å²) in [5.74, 6) is -0.107. The fourth-order valence-corrected chi connectivity index (χ4v) is 3.20. The zero-order chi connectivity index (χ0) is 17.7. The minimum Gasteiger partial charge on any atom is -0.383 e. The van der Waals surface area contributed by atoms with Crippen molar-refractivity contribution in [2.75, 3.05) is 5.73 Å². The van der Waals surface area contributed by atoms with Crippen LogP contribution in [0.4, 0.5) is 5.82 Å². The molecule has 0 amide bonds. The van der Waals surface area contributed by atoms with Gasteiger partial charge in [-0.15, -0.1) is 6.58 Å². The molecule has 1 saturated carbocycles. The molecule has 0 radical (unpaired) electrons. The van der Waals surface area contributed by atoms with Gasteiger partial charge in [0.1, 0.15) is 17.8 Å². The van der Waals surface area contributed by atoms with Gasteiger partial charge < -0.3 is 20.5 Å². The van der Waals surface area contributed by atoms with E-state index in [0.717, 1.165) is 23.4 Å². The number of nitrogen functional groups attached to an aromatic ring is 1. The van der Waals surface area contributed by atoms with Gasteiger partial charge >= 0.3 is 0 Å². The Kier molecular flexibility index (Phi) is 5.96. The number of allylic oxidation sites excluding steroid dienone is 1. The van der Waals surface area contributed by atoms with E-state index < -0.39 is 5.79 Å². The van der Waals surface area contributed by atoms with Crippen LogP contribution in [-0.2, 0) is 0 Å². The Morgan fingerprint density at radius 2 is 2.08 bits per heavy atom. The first kappa shape index (κ1) is 18.4. The topological polar surface area (TPSA) is 97.2 Å². The molecule has 2 unspecified atom stereocenters. The fraction of sp³-hybridized carbons (Fsp3) is 0.556. The average Bonchev–Trinajstić information content (AvgIpc) is 3.10. The van der Waals surface area contributed by atoms with Gasteiger partial charge in [0.05, 0.1) is 5.39 Å². The maximum absolute atomic E-state index is 8.08. The minimum atomic E-state index is -1.50. The molecule has 2 aromatic heterocycles. The van der Waals surface area contributed by atoms with Crippen molar-refractivity contribution in [2.45, 2.75) is 57.8 Å². The van der Waals surface area contributed by atoms with E-state index in [2.05, 4.69) is 27.3 Å². The third-order valence-corrected chi connectivity index (χ3v) is 4.23. The lowest BCUT2D eigenvalue weighted by Gasteiger charge is -2.14. The molecule has 2 heterocycles. The molecular formula is C18H28N4O2. The van der Waals surface area contributed by atoms with Gasteiger partial charge in [0.15, 0.2) is 5.79 Å². The van der Waals surface area contributed by atoms with Gasteiger partial charge in [0.25, 0.3) is 0 Å². The monoisotopic (exact) mass is 332 g/mol. The van der Waals surface area contributed by atoms with Crippen LogP contribution in [0.1, 0.15) is 52.0 Å². The Bertz CT molecular complexity index is 669. The molecular weight excluding hydrogens is 304 g/mol. The molecule has 6 nitrogen and oxygen atoms in total. The number of nitrogens with zero attached hydrogens (tertiary/aromatic N) is 3. The highest BCUT2D eigenvalue weighted by molar-refractivity contribution is 5.86. The molecule has 1 aliphatic carbocycles. The minimum absolute atomic E-state index is 0.557. The van der Waals surface area contributed by atoms with Crippen LogP contribution in [0, 0.1) is 5.92 Å². The first-order valence-corrected chi connectivity index (χ1v) is 8.42. The lowest BCUT2D eigenvalue weighted by atomic mass is 10.0. The second kappa shape index (κ2) is 7.77. The summed E-state index contributed by atoms with van der Waals surface area (Å²) in [7, 11) is 0. The fourth-order valence-electron chi connectivity index (χ4n) is 3.20. The number of fused-ring (bicyclic) bond motifs is 1. The number of anilines is 1. The van der Waals surface area contributed by atoms with Crippen molar-refractivity contribution in [2.24, 2.45) is 5.92 Å². The summed E-state index contributed by atoms with van der Waals surface area (Å²) in [4.78, 5) is 8.43. The number of hydrogen-bond acceptors (Lipinski definition) is 5. The summed E-state index contributed by atoms with van der Waals surface area (Å²) in [6.45, 7) is 6.40. The molecule has 0 spiro atoms. The van der Waals surface area contributed by atoms with Crippen LogP contribution in [0.5, 0.6) is 0 Å². The number of rotatable bonds is 4. The zero-order valence-electron chi connectivity index (χ0n) is 14.5. The number of hydrogen-bond donors (Lipinski definition) is 3. The van der Waals surface area contributed by atoms with Crippen LogP contribution in [0.25, 0.3) is 11.0 Å². The molecule has 0 saturated heterocycles. The van der Waals surface area contributed by atoms with E-state index in [1.807, 2.05) is 12.1 Å². The molecule has 1 fully saturated rings. The van der Waals surface area contributed by atoms with Crippen LogP contribution in [0.15, 0.2) is 31.2 Å². The van der Waals surface area contributed by atoms with Gasteiger partial charge in [0, 0.05) is 12.2 Å². The molecule has 2 atom stereocenters. The molecule has 1 aliphatic rings. The third kappa shape index (κ3) is 5.04. The molecule has 132 valence electrons. The van der Waals surface area contributed by atoms with Gasteiger partial charge in [-0.05, 0) is 57.9 Å². The summed E-state index contributed by atoms with van der Waals surface area (Å²) in [5, 5.41) is 17.1. The number of aliphatic hydroxyl groups is 2. The summed E-state index contributed by atoms with van der Waals surface area (Å²) < 4.78 is 2.28. The second-order valence-electron chi connectivity index (χ2n) is 6.91. The smallest absolute Gasteiger partial charge is 0.156 e. The molecule has 0 aromatic carbocycles. The van der Waals surface area contributed by atoms with Crippen LogP contribution in [-0.4, -0.2) is 30.5 Å². The first-order valence-electron chi connectivity index (χ1n) is 8.42. The van der Waals surface area contributed by atoms with Crippen molar-refractivity contribution >= 4 is 16.9 Å². The highest BCUT2D eigenvalue weighted by atomic mass is 16.5. The zero-order valence-corrected chi connectivity index (χ0v) is 14.5. The molecule has 4 N–H and O–H groups in total. The van der Waals surface area contributed by atoms with E-state index in [4.69, 9.17) is 15.9 Å².